The third-order valence-corrected chi connectivity index (χ3v) is 4.07. The van der Waals surface area contributed by atoms with Gasteiger partial charge >= 0.3 is 0 Å². The van der Waals surface area contributed by atoms with Gasteiger partial charge in [-0.3, -0.25) is 9.48 Å². The molecule has 124 valence electrons. The van der Waals surface area contributed by atoms with Crippen molar-refractivity contribution in [2.45, 2.75) is 41.2 Å². The molecule has 0 aliphatic heterocycles. The lowest BCUT2D eigenvalue weighted by atomic mass is 10.1. The number of aryl methyl sites for hydroxylation is 1. The van der Waals surface area contributed by atoms with Gasteiger partial charge < -0.3 is 10.1 Å². The van der Waals surface area contributed by atoms with E-state index in [1.54, 1.807) is 0 Å². The Kier molecular flexibility index (Phi) is 5.42. The third kappa shape index (κ3) is 4.12. The minimum absolute atomic E-state index is 0.0145. The second kappa shape index (κ2) is 7.31. The van der Waals surface area contributed by atoms with Crippen LogP contribution in [0.5, 0.6) is 5.75 Å². The highest BCUT2D eigenvalue weighted by atomic mass is 16.5. The Hall–Kier alpha value is -2.30. The van der Waals surface area contributed by atoms with Gasteiger partial charge in [-0.1, -0.05) is 6.92 Å². The molecule has 0 aliphatic rings. The van der Waals surface area contributed by atoms with Crippen LogP contribution in [0.25, 0.3) is 0 Å². The van der Waals surface area contributed by atoms with Gasteiger partial charge in [0.15, 0.2) is 0 Å². The second-order valence-electron chi connectivity index (χ2n) is 5.83. The molecule has 0 bridgehead atoms. The van der Waals surface area contributed by atoms with E-state index in [0.717, 1.165) is 22.8 Å². The summed E-state index contributed by atoms with van der Waals surface area (Å²) in [4.78, 5) is 12.3. The number of carbonyl (C=O) groups excluding carboxylic acids is 1. The van der Waals surface area contributed by atoms with Crippen molar-refractivity contribution < 1.29 is 9.53 Å². The van der Waals surface area contributed by atoms with Crippen LogP contribution in [-0.2, 0) is 11.3 Å². The second-order valence-corrected chi connectivity index (χ2v) is 5.83. The normalized spacial score (nSPS) is 12.0. The molecule has 0 fully saturated rings. The van der Waals surface area contributed by atoms with Crippen LogP contribution >= 0.6 is 0 Å². The summed E-state index contributed by atoms with van der Waals surface area (Å²) in [5.41, 5.74) is 4.09. The molecule has 0 radical (unpaired) electrons. The Morgan fingerprint density at radius 3 is 2.43 bits per heavy atom. The first-order valence-electron chi connectivity index (χ1n) is 7.96. The van der Waals surface area contributed by atoms with Gasteiger partial charge in [0.05, 0.1) is 24.8 Å². The number of nitrogens with zero attached hydrogens (tertiary/aromatic N) is 2. The van der Waals surface area contributed by atoms with Gasteiger partial charge in [0, 0.05) is 11.4 Å². The summed E-state index contributed by atoms with van der Waals surface area (Å²) in [6.45, 7) is 11.1. The predicted molar refractivity (Wildman–Crippen MR) is 91.8 cm³/mol. The molecule has 1 N–H and O–H groups in total. The fraction of sp³-hybridized carbons (Fsp3) is 0.444. The van der Waals surface area contributed by atoms with E-state index in [9.17, 15) is 4.79 Å². The van der Waals surface area contributed by atoms with E-state index in [0.29, 0.717) is 13.2 Å². The highest BCUT2D eigenvalue weighted by Crippen LogP contribution is 2.17. The van der Waals surface area contributed by atoms with Gasteiger partial charge in [0.2, 0.25) is 5.91 Å². The summed E-state index contributed by atoms with van der Waals surface area (Å²) in [5, 5.41) is 7.43. The molecular formula is C18H25N3O2. The number of aromatic nitrogens is 2. The number of hydrogen-bond acceptors (Lipinski definition) is 3. The average molecular weight is 315 g/mol. The smallest absolute Gasteiger partial charge is 0.229 e. The molecular weight excluding hydrogens is 290 g/mol. The maximum atomic E-state index is 12.3. The molecule has 2 aromatic rings. The first kappa shape index (κ1) is 17.1. The fourth-order valence-electron chi connectivity index (χ4n) is 2.37. The average Bonchev–Trinajstić information content (AvgIpc) is 2.76. The van der Waals surface area contributed by atoms with Crippen LogP contribution in [0.15, 0.2) is 24.3 Å². The van der Waals surface area contributed by atoms with Crippen LogP contribution in [0.1, 0.15) is 30.8 Å². The molecule has 0 saturated carbocycles. The molecule has 2 rings (SSSR count). The molecule has 23 heavy (non-hydrogen) atoms. The van der Waals surface area contributed by atoms with E-state index < -0.39 is 0 Å². The number of rotatable bonds is 6. The van der Waals surface area contributed by atoms with E-state index in [2.05, 4.69) is 17.3 Å². The van der Waals surface area contributed by atoms with Crippen molar-refractivity contribution in [1.82, 2.24) is 9.78 Å². The Balaban J connectivity index is 1.98. The highest BCUT2D eigenvalue weighted by molar-refractivity contribution is 5.92. The number of ether oxygens (including phenoxy) is 1. The number of benzene rings is 1. The highest BCUT2D eigenvalue weighted by Gasteiger charge is 2.16. The number of amides is 1. The monoisotopic (exact) mass is 315 g/mol. The van der Waals surface area contributed by atoms with E-state index in [-0.39, 0.29) is 11.8 Å². The van der Waals surface area contributed by atoms with E-state index >= 15 is 0 Å². The van der Waals surface area contributed by atoms with Crippen molar-refractivity contribution in [3.8, 4) is 5.75 Å². The van der Waals surface area contributed by atoms with Crippen LogP contribution < -0.4 is 10.1 Å². The van der Waals surface area contributed by atoms with E-state index in [1.165, 1.54) is 5.56 Å². The minimum Gasteiger partial charge on any atom is -0.494 e. The molecule has 1 amide bonds. The lowest BCUT2D eigenvalue weighted by Crippen LogP contribution is -2.25. The Labute approximate surface area is 137 Å². The van der Waals surface area contributed by atoms with Gasteiger partial charge in [0.1, 0.15) is 5.75 Å². The molecule has 0 saturated heterocycles. The summed E-state index contributed by atoms with van der Waals surface area (Å²) in [5.74, 6) is 0.620. The van der Waals surface area contributed by atoms with Crippen molar-refractivity contribution >= 4 is 11.6 Å². The maximum absolute atomic E-state index is 12.3. The Morgan fingerprint density at radius 2 is 1.91 bits per heavy atom. The number of carbonyl (C=O) groups is 1. The fourth-order valence-corrected chi connectivity index (χ4v) is 2.37. The lowest BCUT2D eigenvalue weighted by molar-refractivity contribution is -0.119. The summed E-state index contributed by atoms with van der Waals surface area (Å²) in [6, 6.07) is 7.41. The summed E-state index contributed by atoms with van der Waals surface area (Å²) in [6.07, 6.45) is 0. The van der Waals surface area contributed by atoms with Crippen molar-refractivity contribution in [1.29, 1.82) is 0 Å². The Bertz CT molecular complexity index is 674. The van der Waals surface area contributed by atoms with E-state index in [1.807, 2.05) is 56.6 Å². The van der Waals surface area contributed by atoms with Crippen LogP contribution in [-0.4, -0.2) is 22.3 Å². The summed E-state index contributed by atoms with van der Waals surface area (Å²) >= 11 is 0. The predicted octanol–water partition coefficient (Wildman–Crippen LogP) is 3.48. The van der Waals surface area contributed by atoms with Crippen LogP contribution in [0.3, 0.4) is 0 Å². The van der Waals surface area contributed by atoms with Crippen molar-refractivity contribution in [2.24, 2.45) is 5.92 Å². The van der Waals surface area contributed by atoms with Crippen molar-refractivity contribution in [2.75, 3.05) is 11.9 Å². The molecule has 5 heteroatoms. The first-order chi connectivity index (χ1) is 10.9. The molecule has 1 unspecified atom stereocenters. The number of anilines is 1. The topological polar surface area (TPSA) is 56.1 Å². The van der Waals surface area contributed by atoms with Crippen molar-refractivity contribution in [3.05, 3.63) is 41.2 Å². The summed E-state index contributed by atoms with van der Waals surface area (Å²) < 4.78 is 7.30. The first-order valence-corrected chi connectivity index (χ1v) is 7.96. The molecule has 1 atom stereocenters. The van der Waals surface area contributed by atoms with Gasteiger partial charge in [-0.2, -0.15) is 5.10 Å². The molecule has 0 spiro atoms. The van der Waals surface area contributed by atoms with Crippen LogP contribution in [0.4, 0.5) is 5.69 Å². The number of hydrogen-bond donors (Lipinski definition) is 1. The lowest BCUT2D eigenvalue weighted by Gasteiger charge is -2.14. The minimum atomic E-state index is -0.168. The molecule has 5 nitrogen and oxygen atoms in total. The standard InChI is InChI=1S/C18H25N3O2/c1-6-23-17-9-7-16(8-10-17)19-18(22)12(2)11-21-15(5)13(3)14(4)20-21/h7-10,12H,6,11H2,1-5H3,(H,19,22). The van der Waals surface area contributed by atoms with Gasteiger partial charge in [-0.25, -0.2) is 0 Å². The van der Waals surface area contributed by atoms with Crippen LogP contribution in [0.2, 0.25) is 0 Å². The van der Waals surface area contributed by atoms with Gasteiger partial charge in [-0.15, -0.1) is 0 Å². The quantitative estimate of drug-likeness (QED) is 0.888. The van der Waals surface area contributed by atoms with Crippen molar-refractivity contribution in [3.63, 3.8) is 0 Å². The van der Waals surface area contributed by atoms with E-state index in [4.69, 9.17) is 4.74 Å². The zero-order chi connectivity index (χ0) is 17.0. The Morgan fingerprint density at radius 1 is 1.26 bits per heavy atom. The largest absolute Gasteiger partial charge is 0.494 e. The summed E-state index contributed by atoms with van der Waals surface area (Å²) in [7, 11) is 0. The van der Waals surface area contributed by atoms with Crippen LogP contribution in [0, 0.1) is 26.7 Å². The third-order valence-electron chi connectivity index (χ3n) is 4.07. The zero-order valence-electron chi connectivity index (χ0n) is 14.5. The molecule has 0 aliphatic carbocycles. The van der Waals surface area contributed by atoms with Gasteiger partial charge in [-0.05, 0) is 57.5 Å². The molecule has 1 aromatic carbocycles. The SMILES string of the molecule is CCOc1ccc(NC(=O)C(C)Cn2nc(C)c(C)c2C)cc1. The zero-order valence-corrected chi connectivity index (χ0v) is 14.5. The molecule has 1 aromatic heterocycles. The van der Waals surface area contributed by atoms with Gasteiger partial charge in [0.25, 0.3) is 0 Å². The number of nitrogens with one attached hydrogen (secondary N) is 1. The molecule has 1 heterocycles. The maximum Gasteiger partial charge on any atom is 0.229 e.